The Hall–Kier alpha value is -1.69. The summed E-state index contributed by atoms with van der Waals surface area (Å²) in [5.41, 5.74) is 9.20. The zero-order valence-electron chi connectivity index (χ0n) is 13.2. The highest BCUT2D eigenvalue weighted by Gasteiger charge is 2.37. The number of hydrogen-bond acceptors (Lipinski definition) is 3. The van der Waals surface area contributed by atoms with Crippen LogP contribution in [0.1, 0.15) is 22.6 Å². The average Bonchev–Trinajstić information content (AvgIpc) is 2.91. The zero-order chi connectivity index (χ0) is 16.4. The standard InChI is InChI=1S/C18H22N2O2S/c1-14-6-5-7-15(10-14)13-23(21,22)20-11-17(18(19)12-20)16-8-3-2-4-9-16/h2-10,17-18H,11-13,19H2,1H3/t17-,18+/m0/s1. The van der Waals surface area contributed by atoms with E-state index >= 15 is 0 Å². The van der Waals surface area contributed by atoms with Gasteiger partial charge in [0.05, 0.1) is 5.75 Å². The topological polar surface area (TPSA) is 63.4 Å². The maximum atomic E-state index is 12.7. The van der Waals surface area contributed by atoms with E-state index in [1.807, 2.05) is 61.5 Å². The summed E-state index contributed by atoms with van der Waals surface area (Å²) in [6, 6.07) is 17.4. The summed E-state index contributed by atoms with van der Waals surface area (Å²) < 4.78 is 27.0. The highest BCUT2D eigenvalue weighted by atomic mass is 32.2. The van der Waals surface area contributed by atoms with Crippen molar-refractivity contribution in [2.45, 2.75) is 24.6 Å². The van der Waals surface area contributed by atoms with E-state index in [0.29, 0.717) is 13.1 Å². The van der Waals surface area contributed by atoms with E-state index in [4.69, 9.17) is 5.73 Å². The molecule has 5 heteroatoms. The smallest absolute Gasteiger partial charge is 0.218 e. The fraction of sp³-hybridized carbons (Fsp3) is 0.333. The van der Waals surface area contributed by atoms with Gasteiger partial charge in [0.1, 0.15) is 0 Å². The molecule has 0 amide bonds. The molecule has 2 atom stereocenters. The van der Waals surface area contributed by atoms with Crippen LogP contribution in [0.3, 0.4) is 0 Å². The monoisotopic (exact) mass is 330 g/mol. The van der Waals surface area contributed by atoms with Gasteiger partial charge in [0, 0.05) is 25.0 Å². The third kappa shape index (κ3) is 3.63. The molecule has 2 N–H and O–H groups in total. The lowest BCUT2D eigenvalue weighted by Crippen LogP contribution is -2.33. The number of hydrogen-bond donors (Lipinski definition) is 1. The normalized spacial score (nSPS) is 22.3. The quantitative estimate of drug-likeness (QED) is 0.935. The Bertz CT molecular complexity index is 775. The molecule has 0 saturated carbocycles. The Labute approximate surface area is 138 Å². The third-order valence-electron chi connectivity index (χ3n) is 4.38. The summed E-state index contributed by atoms with van der Waals surface area (Å²) in [5, 5.41) is 0. The van der Waals surface area contributed by atoms with Gasteiger partial charge in [-0.1, -0.05) is 60.2 Å². The van der Waals surface area contributed by atoms with Gasteiger partial charge in [0.25, 0.3) is 0 Å². The molecule has 0 unspecified atom stereocenters. The van der Waals surface area contributed by atoms with Crippen LogP contribution in [-0.2, 0) is 15.8 Å². The molecule has 1 heterocycles. The van der Waals surface area contributed by atoms with Crippen LogP contribution in [0.4, 0.5) is 0 Å². The summed E-state index contributed by atoms with van der Waals surface area (Å²) in [6.45, 7) is 2.81. The lowest BCUT2D eigenvalue weighted by Gasteiger charge is -2.17. The lowest BCUT2D eigenvalue weighted by atomic mass is 9.95. The number of sulfonamides is 1. The number of nitrogens with zero attached hydrogens (tertiary/aromatic N) is 1. The van der Waals surface area contributed by atoms with Crippen LogP contribution in [-0.4, -0.2) is 31.9 Å². The van der Waals surface area contributed by atoms with E-state index in [1.54, 1.807) is 0 Å². The first-order chi connectivity index (χ1) is 11.0. The average molecular weight is 330 g/mol. The van der Waals surface area contributed by atoms with Crippen molar-refractivity contribution in [3.05, 3.63) is 71.3 Å². The van der Waals surface area contributed by atoms with Crippen LogP contribution in [0.15, 0.2) is 54.6 Å². The Morgan fingerprint density at radius 1 is 1.09 bits per heavy atom. The van der Waals surface area contributed by atoms with Crippen molar-refractivity contribution in [2.24, 2.45) is 5.73 Å². The molecule has 0 aromatic heterocycles. The van der Waals surface area contributed by atoms with Crippen LogP contribution in [0, 0.1) is 6.92 Å². The molecular formula is C18H22N2O2S. The second-order valence-electron chi connectivity index (χ2n) is 6.24. The highest BCUT2D eigenvalue weighted by Crippen LogP contribution is 2.29. The zero-order valence-corrected chi connectivity index (χ0v) is 14.0. The maximum absolute atomic E-state index is 12.7. The number of aryl methyl sites for hydroxylation is 1. The summed E-state index contributed by atoms with van der Waals surface area (Å²) in [6.07, 6.45) is 0. The molecular weight excluding hydrogens is 308 g/mol. The first-order valence-corrected chi connectivity index (χ1v) is 9.40. The Morgan fingerprint density at radius 3 is 2.52 bits per heavy atom. The van der Waals surface area contributed by atoms with Gasteiger partial charge in [-0.15, -0.1) is 0 Å². The van der Waals surface area contributed by atoms with Crippen LogP contribution < -0.4 is 5.73 Å². The molecule has 1 aliphatic rings. The Kier molecular flexibility index (Phi) is 4.53. The molecule has 0 spiro atoms. The van der Waals surface area contributed by atoms with E-state index < -0.39 is 10.0 Å². The second kappa shape index (κ2) is 6.43. The van der Waals surface area contributed by atoms with E-state index in [9.17, 15) is 8.42 Å². The first-order valence-electron chi connectivity index (χ1n) is 7.79. The van der Waals surface area contributed by atoms with Crippen LogP contribution >= 0.6 is 0 Å². The van der Waals surface area contributed by atoms with Crippen molar-refractivity contribution < 1.29 is 8.42 Å². The Morgan fingerprint density at radius 2 is 1.83 bits per heavy atom. The molecule has 4 nitrogen and oxygen atoms in total. The summed E-state index contributed by atoms with van der Waals surface area (Å²) in [7, 11) is -3.35. The summed E-state index contributed by atoms with van der Waals surface area (Å²) in [5.74, 6) is 0.0894. The fourth-order valence-electron chi connectivity index (χ4n) is 3.18. The molecule has 1 aliphatic heterocycles. The van der Waals surface area contributed by atoms with E-state index in [-0.39, 0.29) is 17.7 Å². The van der Waals surface area contributed by atoms with Crippen molar-refractivity contribution >= 4 is 10.0 Å². The number of benzene rings is 2. The van der Waals surface area contributed by atoms with Gasteiger partial charge in [-0.05, 0) is 18.1 Å². The molecule has 2 aromatic carbocycles. The van der Waals surface area contributed by atoms with E-state index in [0.717, 1.165) is 16.7 Å². The van der Waals surface area contributed by atoms with Crippen molar-refractivity contribution in [2.75, 3.05) is 13.1 Å². The van der Waals surface area contributed by atoms with E-state index in [1.165, 1.54) is 4.31 Å². The molecule has 1 fully saturated rings. The molecule has 3 rings (SSSR count). The van der Waals surface area contributed by atoms with Crippen LogP contribution in [0.5, 0.6) is 0 Å². The number of rotatable bonds is 4. The first kappa shape index (κ1) is 16.2. The van der Waals surface area contributed by atoms with Gasteiger partial charge in [-0.3, -0.25) is 0 Å². The Balaban J connectivity index is 1.77. The maximum Gasteiger partial charge on any atom is 0.218 e. The van der Waals surface area contributed by atoms with Gasteiger partial charge in [0.2, 0.25) is 10.0 Å². The van der Waals surface area contributed by atoms with Gasteiger partial charge in [-0.2, -0.15) is 4.31 Å². The molecule has 0 aliphatic carbocycles. The highest BCUT2D eigenvalue weighted by molar-refractivity contribution is 7.88. The molecule has 122 valence electrons. The van der Waals surface area contributed by atoms with Gasteiger partial charge >= 0.3 is 0 Å². The predicted octanol–water partition coefficient (Wildman–Crippen LogP) is 2.25. The lowest BCUT2D eigenvalue weighted by molar-refractivity contribution is 0.469. The minimum atomic E-state index is -3.35. The van der Waals surface area contributed by atoms with Gasteiger partial charge in [0.15, 0.2) is 0 Å². The van der Waals surface area contributed by atoms with Gasteiger partial charge < -0.3 is 5.73 Å². The van der Waals surface area contributed by atoms with Crippen molar-refractivity contribution in [1.29, 1.82) is 0 Å². The molecule has 0 radical (unpaired) electrons. The second-order valence-corrected chi connectivity index (χ2v) is 8.21. The molecule has 0 bridgehead atoms. The third-order valence-corrected chi connectivity index (χ3v) is 6.17. The minimum Gasteiger partial charge on any atom is -0.326 e. The van der Waals surface area contributed by atoms with Gasteiger partial charge in [-0.25, -0.2) is 8.42 Å². The molecule has 2 aromatic rings. The van der Waals surface area contributed by atoms with Crippen LogP contribution in [0.2, 0.25) is 0 Å². The SMILES string of the molecule is Cc1cccc(CS(=O)(=O)N2C[C@@H](N)[C@H](c3ccccc3)C2)c1. The van der Waals surface area contributed by atoms with Crippen LogP contribution in [0.25, 0.3) is 0 Å². The van der Waals surface area contributed by atoms with Crippen molar-refractivity contribution in [3.63, 3.8) is 0 Å². The van der Waals surface area contributed by atoms with Crippen molar-refractivity contribution in [3.8, 4) is 0 Å². The fourth-order valence-corrected chi connectivity index (χ4v) is 4.75. The number of nitrogens with two attached hydrogens (primary N) is 1. The minimum absolute atomic E-state index is 0.0307. The predicted molar refractivity (Wildman–Crippen MR) is 92.5 cm³/mol. The summed E-state index contributed by atoms with van der Waals surface area (Å²) >= 11 is 0. The molecule has 23 heavy (non-hydrogen) atoms. The summed E-state index contributed by atoms with van der Waals surface area (Å²) in [4.78, 5) is 0. The largest absolute Gasteiger partial charge is 0.326 e. The van der Waals surface area contributed by atoms with Crippen molar-refractivity contribution in [1.82, 2.24) is 4.31 Å². The molecule has 1 saturated heterocycles. The van der Waals surface area contributed by atoms with E-state index in [2.05, 4.69) is 0 Å².